The summed E-state index contributed by atoms with van der Waals surface area (Å²) in [6.45, 7) is 2.08. The number of benzene rings is 1. The van der Waals surface area contributed by atoms with Crippen LogP contribution in [0.5, 0.6) is 0 Å². The highest BCUT2D eigenvalue weighted by molar-refractivity contribution is 5.41. The van der Waals surface area contributed by atoms with Crippen molar-refractivity contribution in [1.82, 2.24) is 4.90 Å². The van der Waals surface area contributed by atoms with E-state index in [9.17, 15) is 10.1 Å². The van der Waals surface area contributed by atoms with E-state index in [0.29, 0.717) is 25.9 Å². The van der Waals surface area contributed by atoms with Gasteiger partial charge in [0.25, 0.3) is 5.69 Å². The Kier molecular flexibility index (Phi) is 4.86. The SMILES string of the molecule is N#CCC[C@H](C#N)CN1CCc2ccc([N+](=O)[O-])cc2C1. The number of non-ortho nitro benzene ring substituents is 1. The summed E-state index contributed by atoms with van der Waals surface area (Å²) in [5, 5.41) is 28.5. The molecule has 0 fully saturated rings. The van der Waals surface area contributed by atoms with Gasteiger partial charge in [-0.2, -0.15) is 10.5 Å². The summed E-state index contributed by atoms with van der Waals surface area (Å²) in [7, 11) is 0. The Balaban J connectivity index is 2.04. The maximum Gasteiger partial charge on any atom is 0.269 e. The molecule has 0 aromatic heterocycles. The number of hydrogen-bond donors (Lipinski definition) is 0. The van der Waals surface area contributed by atoms with Crippen LogP contribution >= 0.6 is 0 Å². The summed E-state index contributed by atoms with van der Waals surface area (Å²) < 4.78 is 0. The van der Waals surface area contributed by atoms with Crippen LogP contribution in [0.1, 0.15) is 24.0 Å². The van der Waals surface area contributed by atoms with E-state index in [1.807, 2.05) is 6.07 Å². The first-order valence-corrected chi connectivity index (χ1v) is 6.89. The fourth-order valence-corrected chi connectivity index (χ4v) is 2.62. The monoisotopic (exact) mass is 284 g/mol. The van der Waals surface area contributed by atoms with Crippen LogP contribution < -0.4 is 0 Å². The molecule has 108 valence electrons. The molecule has 0 saturated carbocycles. The molecule has 1 heterocycles. The highest BCUT2D eigenvalue weighted by Crippen LogP contribution is 2.24. The molecule has 6 nitrogen and oxygen atoms in total. The fourth-order valence-electron chi connectivity index (χ4n) is 2.62. The molecule has 0 spiro atoms. The molecule has 0 bridgehead atoms. The van der Waals surface area contributed by atoms with Gasteiger partial charge in [0, 0.05) is 38.2 Å². The van der Waals surface area contributed by atoms with Crippen LogP contribution in [0.3, 0.4) is 0 Å². The van der Waals surface area contributed by atoms with Crippen molar-refractivity contribution in [3.63, 3.8) is 0 Å². The minimum Gasteiger partial charge on any atom is -0.297 e. The molecule has 1 atom stereocenters. The molecular formula is C15H16N4O2. The number of fused-ring (bicyclic) bond motifs is 1. The van der Waals surface area contributed by atoms with Gasteiger partial charge in [0.1, 0.15) is 0 Å². The van der Waals surface area contributed by atoms with Crippen molar-refractivity contribution in [1.29, 1.82) is 10.5 Å². The highest BCUT2D eigenvalue weighted by atomic mass is 16.6. The van der Waals surface area contributed by atoms with E-state index in [2.05, 4.69) is 17.0 Å². The Labute approximate surface area is 123 Å². The van der Waals surface area contributed by atoms with Crippen LogP contribution in [0.15, 0.2) is 18.2 Å². The average molecular weight is 284 g/mol. The first-order chi connectivity index (χ1) is 10.1. The van der Waals surface area contributed by atoms with E-state index < -0.39 is 0 Å². The van der Waals surface area contributed by atoms with Gasteiger partial charge in [-0.25, -0.2) is 0 Å². The first-order valence-electron chi connectivity index (χ1n) is 6.89. The van der Waals surface area contributed by atoms with E-state index in [-0.39, 0.29) is 16.5 Å². The van der Waals surface area contributed by atoms with Gasteiger partial charge in [0.2, 0.25) is 0 Å². The zero-order valence-electron chi connectivity index (χ0n) is 11.7. The Morgan fingerprint density at radius 2 is 2.19 bits per heavy atom. The number of nitro groups is 1. The van der Waals surface area contributed by atoms with Crippen molar-refractivity contribution in [3.8, 4) is 12.1 Å². The van der Waals surface area contributed by atoms with Gasteiger partial charge in [0.15, 0.2) is 0 Å². The molecular weight excluding hydrogens is 268 g/mol. The lowest BCUT2D eigenvalue weighted by atomic mass is 9.97. The van der Waals surface area contributed by atoms with Gasteiger partial charge < -0.3 is 0 Å². The largest absolute Gasteiger partial charge is 0.297 e. The Morgan fingerprint density at radius 1 is 1.38 bits per heavy atom. The van der Waals surface area contributed by atoms with Crippen LogP contribution in [-0.4, -0.2) is 22.9 Å². The molecule has 2 rings (SSSR count). The van der Waals surface area contributed by atoms with E-state index in [1.165, 1.54) is 0 Å². The van der Waals surface area contributed by atoms with Gasteiger partial charge >= 0.3 is 0 Å². The zero-order valence-corrected chi connectivity index (χ0v) is 11.7. The van der Waals surface area contributed by atoms with Crippen LogP contribution in [-0.2, 0) is 13.0 Å². The lowest BCUT2D eigenvalue weighted by molar-refractivity contribution is -0.385. The molecule has 0 saturated heterocycles. The van der Waals surface area contributed by atoms with Crippen LogP contribution in [0, 0.1) is 38.7 Å². The standard InChI is InChI=1S/C15H16N4O2/c16-6-1-2-12(9-17)10-18-7-5-13-3-4-15(19(20)21)8-14(13)11-18/h3-4,8,12H,1-2,5,7,10-11H2/t12-/m1/s1. The van der Waals surface area contributed by atoms with Crippen LogP contribution in [0.4, 0.5) is 5.69 Å². The van der Waals surface area contributed by atoms with Crippen molar-refractivity contribution < 1.29 is 4.92 Å². The third kappa shape index (κ3) is 3.77. The second kappa shape index (κ2) is 6.83. The van der Waals surface area contributed by atoms with Gasteiger partial charge in [-0.3, -0.25) is 15.0 Å². The number of nitriles is 2. The lowest BCUT2D eigenvalue weighted by Crippen LogP contribution is -2.34. The quantitative estimate of drug-likeness (QED) is 0.611. The molecule has 21 heavy (non-hydrogen) atoms. The predicted octanol–water partition coefficient (Wildman–Crippen LogP) is 2.40. The topological polar surface area (TPSA) is 94.0 Å². The van der Waals surface area contributed by atoms with Gasteiger partial charge in [-0.1, -0.05) is 6.07 Å². The summed E-state index contributed by atoms with van der Waals surface area (Å²) in [6, 6.07) is 9.28. The second-order valence-corrected chi connectivity index (χ2v) is 5.22. The van der Waals surface area contributed by atoms with Gasteiger partial charge in [0.05, 0.1) is 23.0 Å². The second-order valence-electron chi connectivity index (χ2n) is 5.22. The summed E-state index contributed by atoms with van der Waals surface area (Å²) in [6.07, 6.45) is 1.79. The van der Waals surface area contributed by atoms with E-state index in [0.717, 1.165) is 24.1 Å². The molecule has 0 radical (unpaired) electrons. The van der Waals surface area contributed by atoms with Crippen molar-refractivity contribution in [3.05, 3.63) is 39.4 Å². The third-order valence-corrected chi connectivity index (χ3v) is 3.76. The molecule has 6 heteroatoms. The number of rotatable bonds is 5. The minimum atomic E-state index is -0.385. The number of nitro benzene ring substituents is 1. The first kappa shape index (κ1) is 15.0. The molecule has 0 unspecified atom stereocenters. The van der Waals surface area contributed by atoms with Crippen LogP contribution in [0.25, 0.3) is 0 Å². The minimum absolute atomic E-state index is 0.108. The van der Waals surface area contributed by atoms with Gasteiger partial charge in [-0.05, 0) is 24.0 Å². The summed E-state index contributed by atoms with van der Waals surface area (Å²) in [5.41, 5.74) is 2.21. The maximum absolute atomic E-state index is 10.8. The maximum atomic E-state index is 10.8. The summed E-state index contributed by atoms with van der Waals surface area (Å²) in [4.78, 5) is 12.6. The Hall–Kier alpha value is -2.44. The summed E-state index contributed by atoms with van der Waals surface area (Å²) >= 11 is 0. The molecule has 1 aliphatic rings. The highest BCUT2D eigenvalue weighted by Gasteiger charge is 2.21. The van der Waals surface area contributed by atoms with Crippen LogP contribution in [0.2, 0.25) is 0 Å². The van der Waals surface area contributed by atoms with Crippen molar-refractivity contribution in [2.45, 2.75) is 25.8 Å². The number of hydrogen-bond acceptors (Lipinski definition) is 5. The third-order valence-electron chi connectivity index (χ3n) is 3.76. The molecule has 0 amide bonds. The predicted molar refractivity (Wildman–Crippen MR) is 76.0 cm³/mol. The molecule has 0 N–H and O–H groups in total. The molecule has 1 aromatic rings. The van der Waals surface area contributed by atoms with Crippen molar-refractivity contribution in [2.75, 3.05) is 13.1 Å². The summed E-state index contributed by atoms with van der Waals surface area (Å²) in [5.74, 6) is -0.162. The molecule has 1 aliphatic heterocycles. The average Bonchev–Trinajstić information content (AvgIpc) is 2.50. The Morgan fingerprint density at radius 3 is 2.86 bits per heavy atom. The zero-order chi connectivity index (χ0) is 15.2. The lowest BCUT2D eigenvalue weighted by Gasteiger charge is -2.29. The normalized spacial score (nSPS) is 15.5. The van der Waals surface area contributed by atoms with Crippen molar-refractivity contribution >= 4 is 5.69 Å². The smallest absolute Gasteiger partial charge is 0.269 e. The van der Waals surface area contributed by atoms with Gasteiger partial charge in [-0.15, -0.1) is 0 Å². The van der Waals surface area contributed by atoms with Crippen molar-refractivity contribution in [2.24, 2.45) is 5.92 Å². The fraction of sp³-hybridized carbons (Fsp3) is 0.467. The molecule has 0 aliphatic carbocycles. The Bertz CT molecular complexity index is 615. The van der Waals surface area contributed by atoms with E-state index in [1.54, 1.807) is 12.1 Å². The van der Waals surface area contributed by atoms with E-state index >= 15 is 0 Å². The molecule has 1 aromatic carbocycles. The van der Waals surface area contributed by atoms with E-state index in [4.69, 9.17) is 10.5 Å². The number of nitrogens with zero attached hydrogens (tertiary/aromatic N) is 4.